The van der Waals surface area contributed by atoms with Gasteiger partial charge in [0.15, 0.2) is 0 Å². The molecular formula is C19H22F3N3O4. The maximum atomic E-state index is 13.0. The highest BCUT2D eigenvalue weighted by Crippen LogP contribution is 2.42. The van der Waals surface area contributed by atoms with Crippen molar-refractivity contribution in [2.45, 2.75) is 44.8 Å². The van der Waals surface area contributed by atoms with Crippen molar-refractivity contribution in [3.05, 3.63) is 23.8 Å². The summed E-state index contributed by atoms with van der Waals surface area (Å²) in [6, 6.07) is 2.07. The van der Waals surface area contributed by atoms with E-state index < -0.39 is 41.7 Å². The van der Waals surface area contributed by atoms with Crippen LogP contribution in [0.1, 0.15) is 38.7 Å². The van der Waals surface area contributed by atoms with Gasteiger partial charge in [-0.25, -0.2) is 4.79 Å². The van der Waals surface area contributed by atoms with E-state index in [-0.39, 0.29) is 24.0 Å². The van der Waals surface area contributed by atoms with E-state index in [1.165, 1.54) is 0 Å². The van der Waals surface area contributed by atoms with E-state index in [0.717, 1.165) is 35.9 Å². The molecule has 1 unspecified atom stereocenters. The van der Waals surface area contributed by atoms with E-state index >= 15 is 0 Å². The molecule has 0 aromatic heterocycles. The Bertz CT molecular complexity index is 838. The summed E-state index contributed by atoms with van der Waals surface area (Å²) in [7, 11) is 0. The number of amides is 4. The number of alkyl halides is 3. The fourth-order valence-electron chi connectivity index (χ4n) is 3.27. The lowest BCUT2D eigenvalue weighted by molar-refractivity contribution is -0.137. The summed E-state index contributed by atoms with van der Waals surface area (Å²) in [5.41, 5.74) is -2.16. The molecule has 158 valence electrons. The van der Waals surface area contributed by atoms with E-state index in [2.05, 4.69) is 10.6 Å². The van der Waals surface area contributed by atoms with Crippen molar-refractivity contribution in [3.63, 3.8) is 0 Å². The Morgan fingerprint density at radius 1 is 1.34 bits per heavy atom. The van der Waals surface area contributed by atoms with Crippen molar-refractivity contribution in [2.24, 2.45) is 5.92 Å². The molecule has 2 N–H and O–H groups in total. The van der Waals surface area contributed by atoms with Crippen molar-refractivity contribution in [3.8, 4) is 5.75 Å². The molecule has 10 heteroatoms. The summed E-state index contributed by atoms with van der Waals surface area (Å²) >= 11 is 0. The minimum absolute atomic E-state index is 0.0320. The standard InChI is InChI=1S/C19H22F3N3O4/c1-3-8-29-14-7-6-12(19(20,21)22)9-13(14)23-15(26)10-25-16(27)18(2,11-4-5-11)24-17(25)28/h6-7,9,11H,3-5,8,10H2,1-2H3,(H,23,26)(H,24,28). The molecule has 1 saturated heterocycles. The summed E-state index contributed by atoms with van der Waals surface area (Å²) in [6.07, 6.45) is -2.36. The number of hydrogen-bond acceptors (Lipinski definition) is 4. The van der Waals surface area contributed by atoms with E-state index in [1.54, 1.807) is 6.92 Å². The number of nitrogens with one attached hydrogen (secondary N) is 2. The van der Waals surface area contributed by atoms with Gasteiger partial charge in [-0.05, 0) is 50.3 Å². The first kappa shape index (κ1) is 20.9. The van der Waals surface area contributed by atoms with Crippen LogP contribution in [0.2, 0.25) is 0 Å². The molecule has 2 aliphatic rings. The molecule has 0 bridgehead atoms. The average molecular weight is 413 g/mol. The highest BCUT2D eigenvalue weighted by atomic mass is 19.4. The molecule has 1 aromatic carbocycles. The first-order chi connectivity index (χ1) is 13.6. The van der Waals surface area contributed by atoms with Crippen LogP contribution in [0.3, 0.4) is 0 Å². The highest BCUT2D eigenvalue weighted by molar-refractivity contribution is 6.10. The predicted octanol–water partition coefficient (Wildman–Crippen LogP) is 3.15. The van der Waals surface area contributed by atoms with Crippen molar-refractivity contribution < 1.29 is 32.3 Å². The molecule has 0 spiro atoms. The minimum atomic E-state index is -4.60. The van der Waals surface area contributed by atoms with Crippen LogP contribution in [0.15, 0.2) is 18.2 Å². The molecule has 1 atom stereocenters. The lowest BCUT2D eigenvalue weighted by Crippen LogP contribution is -2.46. The van der Waals surface area contributed by atoms with Gasteiger partial charge in [0.1, 0.15) is 17.8 Å². The fourth-order valence-corrected chi connectivity index (χ4v) is 3.27. The third-order valence-electron chi connectivity index (χ3n) is 5.04. The van der Waals surface area contributed by atoms with Crippen LogP contribution in [0.4, 0.5) is 23.7 Å². The number of halogens is 3. The van der Waals surface area contributed by atoms with Crippen molar-refractivity contribution in [1.29, 1.82) is 0 Å². The molecule has 2 fully saturated rings. The van der Waals surface area contributed by atoms with E-state index in [1.807, 2.05) is 6.92 Å². The van der Waals surface area contributed by atoms with Gasteiger partial charge in [0, 0.05) is 0 Å². The van der Waals surface area contributed by atoms with Gasteiger partial charge in [0.05, 0.1) is 17.9 Å². The molecule has 7 nitrogen and oxygen atoms in total. The Balaban J connectivity index is 1.75. The van der Waals surface area contributed by atoms with E-state index in [9.17, 15) is 27.6 Å². The third kappa shape index (κ3) is 4.30. The molecule has 1 saturated carbocycles. The monoisotopic (exact) mass is 413 g/mol. The number of urea groups is 1. The van der Waals surface area contributed by atoms with Gasteiger partial charge in [0.25, 0.3) is 5.91 Å². The van der Waals surface area contributed by atoms with E-state index in [0.29, 0.717) is 6.42 Å². The average Bonchev–Trinajstić information content (AvgIpc) is 3.46. The maximum absolute atomic E-state index is 13.0. The number of nitrogens with zero attached hydrogens (tertiary/aromatic N) is 1. The number of carbonyl (C=O) groups is 3. The number of carbonyl (C=O) groups excluding carboxylic acids is 3. The molecule has 1 aromatic rings. The molecular weight excluding hydrogens is 391 g/mol. The predicted molar refractivity (Wildman–Crippen MR) is 97.2 cm³/mol. The van der Waals surface area contributed by atoms with Gasteiger partial charge in [-0.1, -0.05) is 6.92 Å². The molecule has 0 radical (unpaired) electrons. The Hall–Kier alpha value is -2.78. The van der Waals surface area contributed by atoms with Gasteiger partial charge in [-0.3, -0.25) is 14.5 Å². The third-order valence-corrected chi connectivity index (χ3v) is 5.04. The lowest BCUT2D eigenvalue weighted by Gasteiger charge is -2.21. The van der Waals surface area contributed by atoms with Crippen LogP contribution >= 0.6 is 0 Å². The number of anilines is 1. The number of ether oxygens (including phenoxy) is 1. The van der Waals surface area contributed by atoms with Gasteiger partial charge >= 0.3 is 12.2 Å². The van der Waals surface area contributed by atoms with Crippen LogP contribution in [0.25, 0.3) is 0 Å². The second-order valence-corrected chi connectivity index (χ2v) is 7.40. The van der Waals surface area contributed by atoms with Gasteiger partial charge in [-0.2, -0.15) is 13.2 Å². The first-order valence-corrected chi connectivity index (χ1v) is 9.34. The summed E-state index contributed by atoms with van der Waals surface area (Å²) < 4.78 is 44.5. The summed E-state index contributed by atoms with van der Waals surface area (Å²) in [5.74, 6) is -1.20. The molecule has 29 heavy (non-hydrogen) atoms. The Morgan fingerprint density at radius 3 is 2.62 bits per heavy atom. The number of imide groups is 1. The zero-order valence-electron chi connectivity index (χ0n) is 16.1. The zero-order chi connectivity index (χ0) is 21.4. The Labute approximate surface area is 165 Å². The topological polar surface area (TPSA) is 87.7 Å². The van der Waals surface area contributed by atoms with Crippen LogP contribution in [0, 0.1) is 5.92 Å². The summed E-state index contributed by atoms with van der Waals surface area (Å²) in [5, 5.41) is 4.95. The van der Waals surface area contributed by atoms with Crippen molar-refractivity contribution >= 4 is 23.5 Å². The number of rotatable bonds is 7. The van der Waals surface area contributed by atoms with Crippen LogP contribution in [0.5, 0.6) is 5.75 Å². The summed E-state index contributed by atoms with van der Waals surface area (Å²) in [6.45, 7) is 3.10. The Kier molecular flexibility index (Phi) is 5.46. The van der Waals surface area contributed by atoms with Crippen LogP contribution < -0.4 is 15.4 Å². The first-order valence-electron chi connectivity index (χ1n) is 9.34. The second kappa shape index (κ2) is 7.57. The van der Waals surface area contributed by atoms with E-state index in [4.69, 9.17) is 4.74 Å². The van der Waals surface area contributed by atoms with Crippen LogP contribution in [-0.2, 0) is 15.8 Å². The fraction of sp³-hybridized carbons (Fsp3) is 0.526. The Morgan fingerprint density at radius 2 is 2.03 bits per heavy atom. The molecule has 1 aliphatic carbocycles. The lowest BCUT2D eigenvalue weighted by atomic mass is 9.96. The number of benzene rings is 1. The normalized spacial score (nSPS) is 21.9. The molecule has 1 heterocycles. The molecule has 1 aliphatic heterocycles. The smallest absolute Gasteiger partial charge is 0.416 e. The zero-order valence-corrected chi connectivity index (χ0v) is 16.1. The SMILES string of the molecule is CCCOc1ccc(C(F)(F)F)cc1NC(=O)CN1C(=O)NC(C)(C2CC2)C1=O. The van der Waals surface area contributed by atoms with Crippen molar-refractivity contribution in [2.75, 3.05) is 18.5 Å². The summed E-state index contributed by atoms with van der Waals surface area (Å²) in [4.78, 5) is 38.0. The van der Waals surface area contributed by atoms with Gasteiger partial charge in [0.2, 0.25) is 5.91 Å². The maximum Gasteiger partial charge on any atom is 0.416 e. The minimum Gasteiger partial charge on any atom is -0.491 e. The van der Waals surface area contributed by atoms with Crippen molar-refractivity contribution in [1.82, 2.24) is 10.2 Å². The second-order valence-electron chi connectivity index (χ2n) is 7.40. The van der Waals surface area contributed by atoms with Crippen LogP contribution in [-0.4, -0.2) is 41.4 Å². The largest absolute Gasteiger partial charge is 0.491 e. The van der Waals surface area contributed by atoms with Gasteiger partial charge < -0.3 is 15.4 Å². The molecule has 3 rings (SSSR count). The quantitative estimate of drug-likeness (QED) is 0.673. The van der Waals surface area contributed by atoms with Gasteiger partial charge in [-0.15, -0.1) is 0 Å². The highest BCUT2D eigenvalue weighted by Gasteiger charge is 2.56. The molecule has 4 amide bonds. The number of hydrogen-bond donors (Lipinski definition) is 2.